The predicted octanol–water partition coefficient (Wildman–Crippen LogP) is 4.50. The standard InChI is InChI=1S/C20H22FNO2/c1-2-19(20(23)22-17-9-5-8-16(21)13-17)24-18-11-10-14-6-3-4-7-15(14)12-18/h5,8-13,19H,2-4,6-7H2,1H3,(H,22,23)/t19-/m1/s1. The summed E-state index contributed by atoms with van der Waals surface area (Å²) >= 11 is 0. The first-order chi connectivity index (χ1) is 11.7. The largest absolute Gasteiger partial charge is 0.481 e. The molecule has 2 aromatic carbocycles. The number of nitrogens with one attached hydrogen (secondary N) is 1. The maximum atomic E-state index is 13.2. The van der Waals surface area contributed by atoms with Gasteiger partial charge in [0.1, 0.15) is 11.6 Å². The Labute approximate surface area is 141 Å². The molecule has 1 N–H and O–H groups in total. The van der Waals surface area contributed by atoms with Crippen LogP contribution in [0.1, 0.15) is 37.3 Å². The number of ether oxygens (including phenoxy) is 1. The van der Waals surface area contributed by atoms with Gasteiger partial charge in [0.25, 0.3) is 5.91 Å². The molecule has 24 heavy (non-hydrogen) atoms. The van der Waals surface area contributed by atoms with Crippen molar-refractivity contribution in [2.75, 3.05) is 5.32 Å². The minimum absolute atomic E-state index is 0.263. The molecule has 1 aliphatic rings. The molecule has 2 aromatic rings. The molecule has 4 heteroatoms. The van der Waals surface area contributed by atoms with Gasteiger partial charge in [-0.1, -0.05) is 19.1 Å². The highest BCUT2D eigenvalue weighted by atomic mass is 19.1. The van der Waals surface area contributed by atoms with Gasteiger partial charge in [-0.2, -0.15) is 0 Å². The molecule has 0 fully saturated rings. The van der Waals surface area contributed by atoms with Crippen LogP contribution < -0.4 is 10.1 Å². The maximum absolute atomic E-state index is 13.2. The predicted molar refractivity (Wildman–Crippen MR) is 92.8 cm³/mol. The SMILES string of the molecule is CC[C@@H](Oc1ccc2c(c1)CCCC2)C(=O)Nc1cccc(F)c1. The van der Waals surface area contributed by atoms with E-state index in [1.165, 1.54) is 36.1 Å². The topological polar surface area (TPSA) is 38.3 Å². The lowest BCUT2D eigenvalue weighted by Crippen LogP contribution is -2.32. The first-order valence-corrected chi connectivity index (χ1v) is 8.50. The van der Waals surface area contributed by atoms with Crippen molar-refractivity contribution in [2.45, 2.75) is 45.1 Å². The van der Waals surface area contributed by atoms with E-state index in [0.29, 0.717) is 12.1 Å². The Bertz CT molecular complexity index is 729. The number of benzene rings is 2. The fourth-order valence-corrected chi connectivity index (χ4v) is 3.06. The summed E-state index contributed by atoms with van der Waals surface area (Å²) in [5.41, 5.74) is 3.14. The zero-order valence-corrected chi connectivity index (χ0v) is 13.8. The van der Waals surface area contributed by atoms with E-state index in [9.17, 15) is 9.18 Å². The van der Waals surface area contributed by atoms with Crippen LogP contribution in [-0.2, 0) is 17.6 Å². The minimum atomic E-state index is -0.602. The second kappa shape index (κ2) is 7.47. The van der Waals surface area contributed by atoms with E-state index < -0.39 is 6.10 Å². The number of anilines is 1. The lowest BCUT2D eigenvalue weighted by atomic mass is 9.92. The lowest BCUT2D eigenvalue weighted by molar-refractivity contribution is -0.122. The summed E-state index contributed by atoms with van der Waals surface area (Å²) in [7, 11) is 0. The summed E-state index contributed by atoms with van der Waals surface area (Å²) in [6.07, 6.45) is 4.56. The van der Waals surface area contributed by atoms with Gasteiger partial charge < -0.3 is 10.1 Å². The highest BCUT2D eigenvalue weighted by Gasteiger charge is 2.19. The molecular weight excluding hydrogens is 305 g/mol. The van der Waals surface area contributed by atoms with Crippen LogP contribution in [0.4, 0.5) is 10.1 Å². The zero-order chi connectivity index (χ0) is 16.9. The Balaban J connectivity index is 1.68. The molecule has 0 saturated carbocycles. The van der Waals surface area contributed by atoms with Crippen molar-refractivity contribution in [3.63, 3.8) is 0 Å². The molecular formula is C20H22FNO2. The third kappa shape index (κ3) is 3.94. The molecule has 3 rings (SSSR count). The van der Waals surface area contributed by atoms with Crippen LogP contribution in [-0.4, -0.2) is 12.0 Å². The Morgan fingerprint density at radius 2 is 1.96 bits per heavy atom. The second-order valence-electron chi connectivity index (χ2n) is 6.15. The number of amides is 1. The molecule has 0 radical (unpaired) electrons. The lowest BCUT2D eigenvalue weighted by Gasteiger charge is -2.20. The number of rotatable bonds is 5. The van der Waals surface area contributed by atoms with Gasteiger partial charge in [0.15, 0.2) is 6.10 Å². The van der Waals surface area contributed by atoms with Crippen molar-refractivity contribution in [1.29, 1.82) is 0 Å². The molecule has 1 amide bonds. The van der Waals surface area contributed by atoms with Gasteiger partial charge in [-0.15, -0.1) is 0 Å². The first-order valence-electron chi connectivity index (χ1n) is 8.50. The molecule has 0 unspecified atom stereocenters. The van der Waals surface area contributed by atoms with E-state index in [1.54, 1.807) is 12.1 Å². The summed E-state index contributed by atoms with van der Waals surface area (Å²) in [5.74, 6) is 0.0779. The Morgan fingerprint density at radius 3 is 2.71 bits per heavy atom. The van der Waals surface area contributed by atoms with Crippen molar-refractivity contribution >= 4 is 11.6 Å². The van der Waals surface area contributed by atoms with E-state index in [4.69, 9.17) is 4.74 Å². The normalized spacial score (nSPS) is 14.6. The average Bonchev–Trinajstić information content (AvgIpc) is 2.59. The molecule has 1 atom stereocenters. The van der Waals surface area contributed by atoms with Crippen molar-refractivity contribution in [3.05, 3.63) is 59.4 Å². The third-order valence-corrected chi connectivity index (χ3v) is 4.35. The summed E-state index contributed by atoms with van der Waals surface area (Å²) in [6.45, 7) is 1.90. The van der Waals surface area contributed by atoms with Crippen molar-refractivity contribution in [3.8, 4) is 5.75 Å². The first kappa shape index (κ1) is 16.5. The van der Waals surface area contributed by atoms with Crippen LogP contribution >= 0.6 is 0 Å². The fraction of sp³-hybridized carbons (Fsp3) is 0.350. The van der Waals surface area contributed by atoms with Crippen LogP contribution in [0.25, 0.3) is 0 Å². The smallest absolute Gasteiger partial charge is 0.265 e. The summed E-state index contributed by atoms with van der Waals surface area (Å²) in [5, 5.41) is 2.71. The van der Waals surface area contributed by atoms with E-state index in [2.05, 4.69) is 11.4 Å². The van der Waals surface area contributed by atoms with Gasteiger partial charge in [-0.3, -0.25) is 4.79 Å². The van der Waals surface area contributed by atoms with Crippen LogP contribution in [0, 0.1) is 5.82 Å². The molecule has 3 nitrogen and oxygen atoms in total. The van der Waals surface area contributed by atoms with Crippen LogP contribution in [0.15, 0.2) is 42.5 Å². The van der Waals surface area contributed by atoms with Crippen molar-refractivity contribution < 1.29 is 13.9 Å². The Morgan fingerprint density at radius 1 is 1.17 bits per heavy atom. The van der Waals surface area contributed by atoms with Crippen molar-refractivity contribution in [2.24, 2.45) is 0 Å². The maximum Gasteiger partial charge on any atom is 0.265 e. The van der Waals surface area contributed by atoms with Gasteiger partial charge in [0.05, 0.1) is 0 Å². The molecule has 0 bridgehead atoms. The van der Waals surface area contributed by atoms with Crippen LogP contribution in [0.5, 0.6) is 5.75 Å². The van der Waals surface area contributed by atoms with Gasteiger partial charge in [-0.05, 0) is 73.6 Å². The highest BCUT2D eigenvalue weighted by Crippen LogP contribution is 2.26. The molecule has 1 aliphatic carbocycles. The molecule has 0 heterocycles. The number of carbonyl (C=O) groups excluding carboxylic acids is 1. The van der Waals surface area contributed by atoms with E-state index in [0.717, 1.165) is 18.6 Å². The van der Waals surface area contributed by atoms with E-state index in [-0.39, 0.29) is 11.7 Å². The minimum Gasteiger partial charge on any atom is -0.481 e. The van der Waals surface area contributed by atoms with E-state index >= 15 is 0 Å². The van der Waals surface area contributed by atoms with Gasteiger partial charge in [-0.25, -0.2) is 4.39 Å². The summed E-state index contributed by atoms with van der Waals surface area (Å²) < 4.78 is 19.1. The van der Waals surface area contributed by atoms with Crippen LogP contribution in [0.2, 0.25) is 0 Å². The number of halogens is 1. The Hall–Kier alpha value is -2.36. The number of fused-ring (bicyclic) bond motifs is 1. The second-order valence-corrected chi connectivity index (χ2v) is 6.15. The molecule has 0 aromatic heterocycles. The monoisotopic (exact) mass is 327 g/mol. The third-order valence-electron chi connectivity index (χ3n) is 4.35. The van der Waals surface area contributed by atoms with Gasteiger partial charge in [0, 0.05) is 5.69 Å². The molecule has 0 spiro atoms. The molecule has 0 saturated heterocycles. The summed E-state index contributed by atoms with van der Waals surface area (Å²) in [6, 6.07) is 11.9. The fourth-order valence-electron chi connectivity index (χ4n) is 3.06. The quantitative estimate of drug-likeness (QED) is 0.878. The number of hydrogen-bond acceptors (Lipinski definition) is 2. The van der Waals surface area contributed by atoms with E-state index in [1.807, 2.05) is 19.1 Å². The average molecular weight is 327 g/mol. The zero-order valence-electron chi connectivity index (χ0n) is 13.8. The van der Waals surface area contributed by atoms with Gasteiger partial charge in [0.2, 0.25) is 0 Å². The van der Waals surface area contributed by atoms with Gasteiger partial charge >= 0.3 is 0 Å². The van der Waals surface area contributed by atoms with Crippen LogP contribution in [0.3, 0.4) is 0 Å². The number of carbonyl (C=O) groups is 1. The molecule has 0 aliphatic heterocycles. The number of hydrogen-bond donors (Lipinski definition) is 1. The van der Waals surface area contributed by atoms with Crippen molar-refractivity contribution in [1.82, 2.24) is 0 Å². The Kier molecular flexibility index (Phi) is 5.14. The highest BCUT2D eigenvalue weighted by molar-refractivity contribution is 5.94. The number of aryl methyl sites for hydroxylation is 2. The molecule has 126 valence electrons. The summed E-state index contributed by atoms with van der Waals surface area (Å²) in [4.78, 5) is 12.4.